The molecule has 1 aliphatic heterocycles. The Bertz CT molecular complexity index is 933. The summed E-state index contributed by atoms with van der Waals surface area (Å²) in [5.74, 6) is -1.95. The smallest absolute Gasteiger partial charge is 0.379 e. The quantitative estimate of drug-likeness (QED) is 0.436. The third-order valence-corrected chi connectivity index (χ3v) is 4.51. The van der Waals surface area contributed by atoms with E-state index in [4.69, 9.17) is 9.47 Å². The number of methoxy groups -OCH3 is 1. The zero-order valence-corrected chi connectivity index (χ0v) is 15.8. The molecule has 0 fully saturated rings. The van der Waals surface area contributed by atoms with Crippen molar-refractivity contribution in [3.8, 4) is 0 Å². The molecule has 28 heavy (non-hydrogen) atoms. The predicted octanol–water partition coefficient (Wildman–Crippen LogP) is 3.01. The van der Waals surface area contributed by atoms with Crippen molar-refractivity contribution >= 4 is 29.0 Å². The second-order valence-electron chi connectivity index (χ2n) is 6.24. The number of carbonyl (C=O) groups is 3. The van der Waals surface area contributed by atoms with E-state index < -0.39 is 11.8 Å². The minimum absolute atomic E-state index is 0.134. The third kappa shape index (κ3) is 3.96. The maximum absolute atomic E-state index is 12.7. The first-order valence-corrected chi connectivity index (χ1v) is 9.01. The molecule has 0 amide bonds. The number of fused-ring (bicyclic) bond motifs is 1. The number of hydrogen-bond acceptors (Lipinski definition) is 6. The van der Waals surface area contributed by atoms with Gasteiger partial charge in [-0.05, 0) is 42.7 Å². The Kier molecular flexibility index (Phi) is 5.89. The van der Waals surface area contributed by atoms with Gasteiger partial charge < -0.3 is 14.4 Å². The van der Waals surface area contributed by atoms with Crippen LogP contribution < -0.4 is 4.90 Å². The number of rotatable bonds is 6. The molecule has 1 heterocycles. The summed E-state index contributed by atoms with van der Waals surface area (Å²) in [6, 6.07) is 14.3. The average molecular weight is 379 g/mol. The molecule has 0 unspecified atom stereocenters. The van der Waals surface area contributed by atoms with E-state index in [1.165, 1.54) is 7.11 Å². The minimum Gasteiger partial charge on any atom is -0.465 e. The van der Waals surface area contributed by atoms with E-state index in [0.717, 1.165) is 11.3 Å². The van der Waals surface area contributed by atoms with Crippen molar-refractivity contribution in [1.29, 1.82) is 0 Å². The van der Waals surface area contributed by atoms with Crippen LogP contribution in [0.25, 0.3) is 5.57 Å². The SMILES string of the molecule is CCOC(=O)C(=O)/C(=C/N1CCc2cc(C(=O)OC)ccc21)c1ccccc1. The Hall–Kier alpha value is -3.41. The maximum Gasteiger partial charge on any atom is 0.379 e. The summed E-state index contributed by atoms with van der Waals surface area (Å²) >= 11 is 0. The molecule has 0 saturated carbocycles. The summed E-state index contributed by atoms with van der Waals surface area (Å²) in [4.78, 5) is 38.4. The molecule has 0 saturated heterocycles. The van der Waals surface area contributed by atoms with Gasteiger partial charge in [-0.15, -0.1) is 0 Å². The molecule has 0 radical (unpaired) electrons. The zero-order chi connectivity index (χ0) is 20.1. The van der Waals surface area contributed by atoms with E-state index in [1.807, 2.05) is 29.2 Å². The van der Waals surface area contributed by atoms with Crippen molar-refractivity contribution in [2.45, 2.75) is 13.3 Å². The molecule has 0 aromatic heterocycles. The molecule has 6 nitrogen and oxygen atoms in total. The molecule has 144 valence electrons. The summed E-state index contributed by atoms with van der Waals surface area (Å²) in [6.07, 6.45) is 2.39. The molecule has 0 bridgehead atoms. The molecule has 0 spiro atoms. The fourth-order valence-corrected chi connectivity index (χ4v) is 3.15. The van der Waals surface area contributed by atoms with E-state index in [0.29, 0.717) is 24.1 Å². The Morgan fingerprint density at radius 2 is 1.82 bits per heavy atom. The monoisotopic (exact) mass is 379 g/mol. The molecule has 0 atom stereocenters. The van der Waals surface area contributed by atoms with Crippen LogP contribution in [0.2, 0.25) is 0 Å². The first-order valence-electron chi connectivity index (χ1n) is 9.01. The zero-order valence-electron chi connectivity index (χ0n) is 15.8. The molecule has 0 aliphatic carbocycles. The summed E-state index contributed by atoms with van der Waals surface area (Å²) in [5.41, 5.74) is 3.26. The first kappa shape index (κ1) is 19.4. The lowest BCUT2D eigenvalue weighted by Gasteiger charge is -2.17. The highest BCUT2D eigenvalue weighted by molar-refractivity contribution is 6.51. The Morgan fingerprint density at radius 1 is 1.07 bits per heavy atom. The number of nitrogens with zero attached hydrogens (tertiary/aromatic N) is 1. The van der Waals surface area contributed by atoms with Crippen LogP contribution in [0.15, 0.2) is 54.7 Å². The van der Waals surface area contributed by atoms with Crippen LogP contribution in [0.5, 0.6) is 0 Å². The number of Topliss-reactive ketones (excluding diaryl/α,β-unsaturated/α-hetero) is 1. The number of anilines is 1. The van der Waals surface area contributed by atoms with Gasteiger partial charge in [0.05, 0.1) is 24.9 Å². The number of carbonyl (C=O) groups excluding carboxylic acids is 3. The number of benzene rings is 2. The number of ketones is 1. The number of esters is 2. The van der Waals surface area contributed by atoms with Crippen LogP contribution in [-0.2, 0) is 25.5 Å². The summed E-state index contributed by atoms with van der Waals surface area (Å²) in [6.45, 7) is 2.43. The number of hydrogen-bond donors (Lipinski definition) is 0. The highest BCUT2D eigenvalue weighted by Gasteiger charge is 2.25. The van der Waals surface area contributed by atoms with Crippen LogP contribution in [0.3, 0.4) is 0 Å². The standard InChI is InChI=1S/C22H21NO5/c1-3-28-22(26)20(24)18(15-7-5-4-6-8-15)14-23-12-11-16-13-17(21(25)27-2)9-10-19(16)23/h4-10,13-14H,3,11-12H2,1-2H3/b18-14+. The summed E-state index contributed by atoms with van der Waals surface area (Å²) in [7, 11) is 1.34. The fourth-order valence-electron chi connectivity index (χ4n) is 3.15. The van der Waals surface area contributed by atoms with Crippen LogP contribution >= 0.6 is 0 Å². The van der Waals surface area contributed by atoms with E-state index in [2.05, 4.69) is 0 Å². The van der Waals surface area contributed by atoms with E-state index in [9.17, 15) is 14.4 Å². The van der Waals surface area contributed by atoms with Crippen molar-refractivity contribution in [2.24, 2.45) is 0 Å². The molecular formula is C22H21NO5. The van der Waals surface area contributed by atoms with Gasteiger partial charge in [0.2, 0.25) is 0 Å². The van der Waals surface area contributed by atoms with E-state index >= 15 is 0 Å². The lowest BCUT2D eigenvalue weighted by Crippen LogP contribution is -2.22. The van der Waals surface area contributed by atoms with Gasteiger partial charge in [0.25, 0.3) is 5.78 Å². The highest BCUT2D eigenvalue weighted by atomic mass is 16.5. The van der Waals surface area contributed by atoms with Crippen LogP contribution in [0, 0.1) is 0 Å². The van der Waals surface area contributed by atoms with Gasteiger partial charge in [0, 0.05) is 18.4 Å². The molecule has 2 aromatic carbocycles. The lowest BCUT2D eigenvalue weighted by molar-refractivity contribution is -0.150. The van der Waals surface area contributed by atoms with Gasteiger partial charge >= 0.3 is 11.9 Å². The van der Waals surface area contributed by atoms with Crippen molar-refractivity contribution in [1.82, 2.24) is 0 Å². The van der Waals surface area contributed by atoms with E-state index in [-0.39, 0.29) is 18.1 Å². The molecule has 1 aliphatic rings. The van der Waals surface area contributed by atoms with Gasteiger partial charge in [-0.2, -0.15) is 0 Å². The minimum atomic E-state index is -0.877. The highest BCUT2D eigenvalue weighted by Crippen LogP contribution is 2.31. The maximum atomic E-state index is 12.7. The first-order chi connectivity index (χ1) is 13.5. The van der Waals surface area contributed by atoms with Gasteiger partial charge in [0.15, 0.2) is 0 Å². The Labute approximate surface area is 163 Å². The van der Waals surface area contributed by atoms with Gasteiger partial charge in [-0.25, -0.2) is 9.59 Å². The summed E-state index contributed by atoms with van der Waals surface area (Å²) in [5, 5.41) is 0. The second-order valence-corrected chi connectivity index (χ2v) is 6.24. The predicted molar refractivity (Wildman–Crippen MR) is 105 cm³/mol. The molecule has 6 heteroatoms. The van der Waals surface area contributed by atoms with Crippen LogP contribution in [0.1, 0.15) is 28.4 Å². The Morgan fingerprint density at radius 3 is 2.50 bits per heavy atom. The van der Waals surface area contributed by atoms with Crippen molar-refractivity contribution in [3.63, 3.8) is 0 Å². The molecule has 2 aromatic rings. The lowest BCUT2D eigenvalue weighted by atomic mass is 10.0. The molecular weight excluding hydrogens is 358 g/mol. The van der Waals surface area contributed by atoms with Crippen molar-refractivity contribution in [2.75, 3.05) is 25.2 Å². The van der Waals surface area contributed by atoms with Crippen LogP contribution in [-0.4, -0.2) is 38.0 Å². The fraction of sp³-hybridized carbons (Fsp3) is 0.227. The molecule has 3 rings (SSSR count). The van der Waals surface area contributed by atoms with Gasteiger partial charge in [-0.3, -0.25) is 4.79 Å². The second kappa shape index (κ2) is 8.52. The van der Waals surface area contributed by atoms with Crippen molar-refractivity contribution < 1.29 is 23.9 Å². The normalized spacial score (nSPS) is 13.1. The number of ether oxygens (including phenoxy) is 2. The topological polar surface area (TPSA) is 72.9 Å². The van der Waals surface area contributed by atoms with Crippen LogP contribution in [0.4, 0.5) is 5.69 Å². The van der Waals surface area contributed by atoms with Gasteiger partial charge in [-0.1, -0.05) is 30.3 Å². The van der Waals surface area contributed by atoms with Crippen molar-refractivity contribution in [3.05, 3.63) is 71.4 Å². The summed E-state index contributed by atoms with van der Waals surface area (Å²) < 4.78 is 9.66. The average Bonchev–Trinajstić information content (AvgIpc) is 3.13. The largest absolute Gasteiger partial charge is 0.465 e. The molecule has 0 N–H and O–H groups in total. The Balaban J connectivity index is 1.98. The van der Waals surface area contributed by atoms with Gasteiger partial charge in [0.1, 0.15) is 0 Å². The third-order valence-electron chi connectivity index (χ3n) is 4.51. The van der Waals surface area contributed by atoms with E-state index in [1.54, 1.807) is 37.4 Å².